The van der Waals surface area contributed by atoms with Gasteiger partial charge in [-0.25, -0.2) is 0 Å². The summed E-state index contributed by atoms with van der Waals surface area (Å²) in [5, 5.41) is 0. The normalized spacial score (nSPS) is 13.1. The molecule has 0 unspecified atom stereocenters. The zero-order valence-electron chi connectivity index (χ0n) is 5.29. The second-order valence-corrected chi connectivity index (χ2v) is 2.40. The third-order valence-corrected chi connectivity index (χ3v) is 1.84. The molecule has 0 aromatic heterocycles. The van der Waals surface area contributed by atoms with Crippen LogP contribution in [0.2, 0.25) is 0 Å². The van der Waals surface area contributed by atoms with E-state index in [0.717, 1.165) is 5.76 Å². The first-order valence-electron chi connectivity index (χ1n) is 3.06. The van der Waals surface area contributed by atoms with Crippen molar-refractivity contribution >= 4 is 22.3 Å². The highest BCUT2D eigenvalue weighted by atomic mass is 28.2. The molecule has 1 aromatic rings. The van der Waals surface area contributed by atoms with Crippen LogP contribution in [0.3, 0.4) is 0 Å². The molecule has 0 atom stereocenters. The predicted octanol–water partition coefficient (Wildman–Crippen LogP) is 1.60. The van der Waals surface area contributed by atoms with Crippen molar-refractivity contribution in [3.63, 3.8) is 0 Å². The second kappa shape index (κ2) is 1.99. The predicted molar refractivity (Wildman–Crippen MR) is 41.2 cm³/mol. The molecule has 1 aliphatic rings. The maximum absolute atomic E-state index is 4.88. The van der Waals surface area contributed by atoms with Crippen LogP contribution in [0.1, 0.15) is 11.1 Å². The quantitative estimate of drug-likeness (QED) is 0.545. The average Bonchev–Trinajstić information content (AvgIpc) is 1.92. The summed E-state index contributed by atoms with van der Waals surface area (Å²) in [6.45, 7) is 0. The number of hydrogen-bond donors (Lipinski definition) is 0. The number of hydrogen-bond acceptors (Lipinski definition) is 1. The van der Waals surface area contributed by atoms with Gasteiger partial charge in [-0.15, -0.1) is 0 Å². The molecule has 0 spiro atoms. The molecular weight excluding hydrogens is 140 g/mol. The van der Waals surface area contributed by atoms with Gasteiger partial charge in [-0.3, -0.25) is 0 Å². The van der Waals surface area contributed by atoms with Crippen molar-refractivity contribution in [1.82, 2.24) is 0 Å². The van der Waals surface area contributed by atoms with Crippen molar-refractivity contribution in [3.8, 4) is 0 Å². The Kier molecular flexibility index (Phi) is 1.14. The molecule has 1 aromatic carbocycles. The van der Waals surface area contributed by atoms with Gasteiger partial charge in [0.25, 0.3) is 0 Å². The van der Waals surface area contributed by atoms with Crippen molar-refractivity contribution < 1.29 is 4.43 Å². The Morgan fingerprint density at radius 3 is 2.70 bits per heavy atom. The summed E-state index contributed by atoms with van der Waals surface area (Å²) in [7, 11) is 2.97. The molecule has 0 aliphatic heterocycles. The van der Waals surface area contributed by atoms with Crippen molar-refractivity contribution in [2.45, 2.75) is 0 Å². The zero-order chi connectivity index (χ0) is 6.97. The SMILES string of the molecule is [Si]OC1=Cc2ccccc21. The Morgan fingerprint density at radius 2 is 2.00 bits per heavy atom. The standard InChI is InChI=1S/C8H5OSi/c10-9-8-5-6-3-1-2-4-7(6)8/h1-5H. The molecule has 0 N–H and O–H groups in total. The van der Waals surface area contributed by atoms with E-state index in [-0.39, 0.29) is 0 Å². The van der Waals surface area contributed by atoms with Crippen molar-refractivity contribution in [2.75, 3.05) is 0 Å². The molecule has 0 fully saturated rings. The third-order valence-electron chi connectivity index (χ3n) is 1.62. The zero-order valence-corrected chi connectivity index (χ0v) is 6.29. The number of benzene rings is 1. The van der Waals surface area contributed by atoms with Crippen molar-refractivity contribution in [3.05, 3.63) is 35.4 Å². The lowest BCUT2D eigenvalue weighted by Gasteiger charge is -2.17. The summed E-state index contributed by atoms with van der Waals surface area (Å²) in [5.41, 5.74) is 2.42. The minimum Gasteiger partial charge on any atom is -0.540 e. The smallest absolute Gasteiger partial charge is 0.341 e. The Morgan fingerprint density at radius 1 is 1.20 bits per heavy atom. The lowest BCUT2D eigenvalue weighted by Crippen LogP contribution is -1.99. The van der Waals surface area contributed by atoms with E-state index in [2.05, 4.69) is 16.6 Å². The topological polar surface area (TPSA) is 9.23 Å². The van der Waals surface area contributed by atoms with Gasteiger partial charge < -0.3 is 4.43 Å². The third kappa shape index (κ3) is 0.625. The molecule has 0 saturated carbocycles. The first kappa shape index (κ1) is 5.74. The van der Waals surface area contributed by atoms with Crippen LogP contribution in [0.15, 0.2) is 24.3 Å². The van der Waals surface area contributed by atoms with E-state index in [1.54, 1.807) is 0 Å². The molecule has 0 amide bonds. The molecule has 2 rings (SSSR count). The van der Waals surface area contributed by atoms with Gasteiger partial charge in [-0.1, -0.05) is 24.3 Å². The van der Waals surface area contributed by atoms with Crippen LogP contribution in [0, 0.1) is 0 Å². The first-order valence-corrected chi connectivity index (χ1v) is 3.47. The molecule has 2 heteroatoms. The van der Waals surface area contributed by atoms with Crippen LogP contribution in [0.25, 0.3) is 11.8 Å². The lowest BCUT2D eigenvalue weighted by molar-refractivity contribution is 0.571. The highest BCUT2D eigenvalue weighted by Crippen LogP contribution is 2.31. The van der Waals surface area contributed by atoms with Crippen LogP contribution in [-0.2, 0) is 4.43 Å². The monoisotopic (exact) mass is 145 g/mol. The van der Waals surface area contributed by atoms with Gasteiger partial charge in [0.05, 0.1) is 0 Å². The Hall–Kier alpha value is -1.02. The van der Waals surface area contributed by atoms with E-state index in [4.69, 9.17) is 4.43 Å². The second-order valence-electron chi connectivity index (χ2n) is 2.20. The fraction of sp³-hybridized carbons (Fsp3) is 0. The molecule has 0 heterocycles. The summed E-state index contributed by atoms with van der Waals surface area (Å²) in [5.74, 6) is 0.910. The Balaban J connectivity index is 2.43. The fourth-order valence-corrected chi connectivity index (χ4v) is 1.24. The summed E-state index contributed by atoms with van der Waals surface area (Å²) >= 11 is 0. The molecule has 10 heavy (non-hydrogen) atoms. The van der Waals surface area contributed by atoms with Gasteiger partial charge in [0.2, 0.25) is 0 Å². The molecule has 0 saturated heterocycles. The first-order chi connectivity index (χ1) is 4.92. The minimum atomic E-state index is 0.910. The van der Waals surface area contributed by atoms with E-state index in [1.807, 2.05) is 24.3 Å². The van der Waals surface area contributed by atoms with E-state index in [1.165, 1.54) is 11.1 Å². The van der Waals surface area contributed by atoms with E-state index < -0.39 is 0 Å². The van der Waals surface area contributed by atoms with Crippen molar-refractivity contribution in [1.29, 1.82) is 0 Å². The van der Waals surface area contributed by atoms with E-state index >= 15 is 0 Å². The Bertz CT molecular complexity index is 291. The minimum absolute atomic E-state index is 0.910. The van der Waals surface area contributed by atoms with Crippen LogP contribution < -0.4 is 0 Å². The number of rotatable bonds is 1. The van der Waals surface area contributed by atoms with Gasteiger partial charge in [0.1, 0.15) is 5.76 Å². The average molecular weight is 145 g/mol. The molecule has 1 nitrogen and oxygen atoms in total. The Labute approximate surface area is 62.9 Å². The fourth-order valence-electron chi connectivity index (χ4n) is 1.07. The van der Waals surface area contributed by atoms with Gasteiger partial charge in [-0.2, -0.15) is 0 Å². The van der Waals surface area contributed by atoms with Crippen LogP contribution in [0.5, 0.6) is 0 Å². The number of fused-ring (bicyclic) bond motifs is 1. The van der Waals surface area contributed by atoms with Crippen LogP contribution >= 0.6 is 0 Å². The van der Waals surface area contributed by atoms with E-state index in [0.29, 0.717) is 0 Å². The molecule has 47 valence electrons. The van der Waals surface area contributed by atoms with E-state index in [9.17, 15) is 0 Å². The molecule has 0 bridgehead atoms. The maximum atomic E-state index is 4.88. The molecular formula is C8H5OSi. The van der Waals surface area contributed by atoms with Crippen LogP contribution in [-0.4, -0.2) is 10.5 Å². The van der Waals surface area contributed by atoms with Crippen LogP contribution in [0.4, 0.5) is 0 Å². The van der Waals surface area contributed by atoms with Gasteiger partial charge in [-0.05, 0) is 11.6 Å². The molecule has 3 radical (unpaired) electrons. The highest BCUT2D eigenvalue weighted by Gasteiger charge is 2.13. The summed E-state index contributed by atoms with van der Waals surface area (Å²) in [6, 6.07) is 8.10. The largest absolute Gasteiger partial charge is 0.540 e. The summed E-state index contributed by atoms with van der Waals surface area (Å²) in [4.78, 5) is 0. The highest BCUT2D eigenvalue weighted by molar-refractivity contribution is 6.06. The van der Waals surface area contributed by atoms with Crippen molar-refractivity contribution in [2.24, 2.45) is 0 Å². The summed E-state index contributed by atoms with van der Waals surface area (Å²) < 4.78 is 4.88. The van der Waals surface area contributed by atoms with Gasteiger partial charge >= 0.3 is 10.5 Å². The lowest BCUT2D eigenvalue weighted by atomic mass is 9.96. The maximum Gasteiger partial charge on any atom is 0.341 e. The summed E-state index contributed by atoms with van der Waals surface area (Å²) in [6.07, 6.45) is 1.99. The molecule has 1 aliphatic carbocycles. The van der Waals surface area contributed by atoms with Gasteiger partial charge in [0.15, 0.2) is 0 Å². The van der Waals surface area contributed by atoms with Gasteiger partial charge in [0, 0.05) is 5.56 Å².